The van der Waals surface area contributed by atoms with Gasteiger partial charge >= 0.3 is 0 Å². The molecule has 0 fully saturated rings. The summed E-state index contributed by atoms with van der Waals surface area (Å²) in [6.07, 6.45) is 0. The minimum atomic E-state index is 1.15. The van der Waals surface area contributed by atoms with E-state index in [1.807, 2.05) is 0 Å². The van der Waals surface area contributed by atoms with Crippen molar-refractivity contribution in [3.8, 4) is 89.5 Å². The lowest BCUT2D eigenvalue weighted by Gasteiger charge is -2.13. The van der Waals surface area contributed by atoms with Crippen molar-refractivity contribution in [3.05, 3.63) is 400 Å². The van der Waals surface area contributed by atoms with Gasteiger partial charge in [-0.3, -0.25) is 0 Å². The van der Waals surface area contributed by atoms with Crippen molar-refractivity contribution in [3.63, 3.8) is 0 Å². The van der Waals surface area contributed by atoms with Gasteiger partial charge in [0.05, 0.1) is 44.1 Å². The van der Waals surface area contributed by atoms with Gasteiger partial charge in [0.1, 0.15) is 0 Å². The Hall–Kier alpha value is -14.6. The van der Waals surface area contributed by atoms with E-state index in [-0.39, 0.29) is 0 Å². The molecule has 4 heteroatoms. The molecule has 0 amide bonds. The molecule has 510 valence electrons. The normalized spacial score (nSPS) is 12.0. The molecule has 4 aromatic heterocycles. The highest BCUT2D eigenvalue weighted by Crippen LogP contribution is 2.50. The highest BCUT2D eigenvalue weighted by atomic mass is 15.0. The van der Waals surface area contributed by atoms with Crippen molar-refractivity contribution in [2.75, 3.05) is 0 Å². The van der Waals surface area contributed by atoms with Crippen LogP contribution in [-0.4, -0.2) is 18.3 Å². The van der Waals surface area contributed by atoms with E-state index in [2.05, 4.69) is 419 Å². The van der Waals surface area contributed by atoms with E-state index in [1.165, 1.54) is 208 Å². The van der Waals surface area contributed by atoms with Crippen LogP contribution in [0.2, 0.25) is 0 Å². The Bertz CT molecular complexity index is 7710. The number of benzene rings is 19. The van der Waals surface area contributed by atoms with Crippen LogP contribution in [0, 0.1) is 0 Å². The third-order valence-corrected chi connectivity index (χ3v) is 23.5. The number of para-hydroxylation sites is 6. The van der Waals surface area contributed by atoms with E-state index in [0.29, 0.717) is 0 Å². The first-order valence-corrected chi connectivity index (χ1v) is 38.0. The molecule has 0 radical (unpaired) electrons. The lowest BCUT2D eigenvalue weighted by Crippen LogP contribution is -1.95. The Morgan fingerprint density at radius 2 is 0.400 bits per heavy atom. The van der Waals surface area contributed by atoms with Gasteiger partial charge in [-0.1, -0.05) is 285 Å². The maximum absolute atomic E-state index is 2.43. The first-order chi connectivity index (χ1) is 54.6. The molecular weight excluding hydrogens is 1330 g/mol. The van der Waals surface area contributed by atoms with Gasteiger partial charge in [0.25, 0.3) is 0 Å². The smallest absolute Gasteiger partial charge is 0.0547 e. The van der Waals surface area contributed by atoms with Crippen LogP contribution in [0.1, 0.15) is 0 Å². The van der Waals surface area contributed by atoms with E-state index in [4.69, 9.17) is 0 Å². The number of rotatable bonds is 8. The summed E-state index contributed by atoms with van der Waals surface area (Å²) < 4.78 is 9.65. The Balaban J connectivity index is 0.000000132. The summed E-state index contributed by atoms with van der Waals surface area (Å²) in [5, 5.41) is 20.5. The van der Waals surface area contributed by atoms with Crippen molar-refractivity contribution < 1.29 is 0 Å². The minimum absolute atomic E-state index is 1.15. The van der Waals surface area contributed by atoms with Gasteiger partial charge in [0.15, 0.2) is 0 Å². The highest BCUT2D eigenvalue weighted by molar-refractivity contribution is 6.26. The lowest BCUT2D eigenvalue weighted by atomic mass is 9.92. The average molecular weight is 1400 g/mol. The summed E-state index contributed by atoms with van der Waals surface area (Å²) in [5.74, 6) is 0. The first kappa shape index (κ1) is 61.7. The van der Waals surface area contributed by atoms with E-state index in [9.17, 15) is 0 Å². The zero-order valence-electron chi connectivity index (χ0n) is 59.9. The summed E-state index contributed by atoms with van der Waals surface area (Å²) in [6, 6.07) is 147. The molecule has 0 spiro atoms. The number of nitrogens with zero attached hydrogens (tertiary/aromatic N) is 4. The maximum atomic E-state index is 2.43. The van der Waals surface area contributed by atoms with E-state index < -0.39 is 0 Å². The van der Waals surface area contributed by atoms with Crippen LogP contribution in [0.25, 0.3) is 220 Å². The van der Waals surface area contributed by atoms with Crippen LogP contribution in [0.15, 0.2) is 400 Å². The lowest BCUT2D eigenvalue weighted by molar-refractivity contribution is 1.18. The van der Waals surface area contributed by atoms with Crippen molar-refractivity contribution >= 4 is 130 Å². The fourth-order valence-electron chi connectivity index (χ4n) is 18.7. The van der Waals surface area contributed by atoms with Gasteiger partial charge in [-0.25, -0.2) is 0 Å². The topological polar surface area (TPSA) is 19.7 Å². The summed E-state index contributed by atoms with van der Waals surface area (Å²) >= 11 is 0. The quantitative estimate of drug-likeness (QED) is 0.135. The van der Waals surface area contributed by atoms with Crippen LogP contribution < -0.4 is 0 Å². The fourth-order valence-corrected chi connectivity index (χ4v) is 18.7. The molecule has 0 aliphatic heterocycles. The van der Waals surface area contributed by atoms with Gasteiger partial charge in [-0.05, 0) is 225 Å². The van der Waals surface area contributed by atoms with Crippen LogP contribution in [0.4, 0.5) is 0 Å². The largest absolute Gasteiger partial charge is 0.309 e. The second kappa shape index (κ2) is 24.5. The Kier molecular flexibility index (Phi) is 13.7. The molecule has 0 N–H and O–H groups in total. The summed E-state index contributed by atoms with van der Waals surface area (Å²) in [5.41, 5.74) is 29.3. The SMILES string of the molecule is c1ccc(-n2c3ccccc3c3ccc(-c4ccc5c(c4)c4ccccc4n5-c4cccc(-c5ccc6c7c(cccc57)-c5ccccc5-6)c4)cc32)cc1.c1ccc(-n2c3ccccc3c3ccc(-c4ccc5c(c4)c4ccccc4n5-c4cccc(-c5ccc6c7ccccc7c7ccccc7c6c5)c4)cc32)cc1. The van der Waals surface area contributed by atoms with Gasteiger partial charge in [-0.15, -0.1) is 0 Å². The number of hydrogen-bond donors (Lipinski definition) is 0. The second-order valence-electron chi connectivity index (χ2n) is 29.4. The molecule has 0 bridgehead atoms. The first-order valence-electron chi connectivity index (χ1n) is 38.0. The van der Waals surface area contributed by atoms with Crippen LogP contribution in [0.5, 0.6) is 0 Å². The number of aromatic nitrogens is 4. The van der Waals surface area contributed by atoms with Crippen molar-refractivity contribution in [1.29, 1.82) is 0 Å². The molecule has 4 nitrogen and oxygen atoms in total. The monoisotopic (exact) mass is 1390 g/mol. The van der Waals surface area contributed by atoms with Gasteiger partial charge in [0, 0.05) is 65.8 Å². The number of fused-ring (bicyclic) bond motifs is 21. The van der Waals surface area contributed by atoms with Crippen molar-refractivity contribution in [1.82, 2.24) is 18.3 Å². The number of hydrogen-bond acceptors (Lipinski definition) is 0. The standard InChI is InChI=1S/C54H34N2.C52H32N2/c1-2-14-39(15-3-1)55-51-23-10-8-21-46(51)48-29-26-38(34-54(48)55)37-27-30-53-50(33-37)47-22-9-11-24-52(47)56(53)40-16-12-13-35(31-40)36-25-28-45-43-19-5-4-17-41(43)42-18-6-7-20-44(42)49(45)32-36;1-2-13-36(14-3-1)53-48-22-8-6-18-41(48)43-26-24-34(32-51(43)53)33-25-29-50-47(31-33)42-19-7-9-23-49(42)54(50)37-15-10-12-35(30-37)38-27-28-46-40-17-5-4-16-39(40)45-21-11-20-44(38)52(45)46/h1-34H;1-32H. The second-order valence-corrected chi connectivity index (χ2v) is 29.4. The van der Waals surface area contributed by atoms with Crippen molar-refractivity contribution in [2.24, 2.45) is 0 Å². The molecule has 110 heavy (non-hydrogen) atoms. The van der Waals surface area contributed by atoms with Gasteiger partial charge < -0.3 is 18.3 Å². The minimum Gasteiger partial charge on any atom is -0.309 e. The third kappa shape index (κ3) is 9.46. The zero-order valence-corrected chi connectivity index (χ0v) is 59.9. The molecule has 23 aromatic rings. The van der Waals surface area contributed by atoms with Gasteiger partial charge in [0.2, 0.25) is 0 Å². The van der Waals surface area contributed by atoms with Crippen LogP contribution in [0.3, 0.4) is 0 Å². The van der Waals surface area contributed by atoms with Crippen LogP contribution >= 0.6 is 0 Å². The molecule has 0 unspecified atom stereocenters. The zero-order chi connectivity index (χ0) is 72.1. The molecule has 19 aromatic carbocycles. The highest BCUT2D eigenvalue weighted by Gasteiger charge is 2.25. The summed E-state index contributed by atoms with van der Waals surface area (Å²) in [6.45, 7) is 0. The van der Waals surface area contributed by atoms with E-state index >= 15 is 0 Å². The Morgan fingerprint density at radius 1 is 0.118 bits per heavy atom. The molecule has 24 rings (SSSR count). The summed E-state index contributed by atoms with van der Waals surface area (Å²) in [7, 11) is 0. The van der Waals surface area contributed by atoms with E-state index in [0.717, 1.165) is 11.4 Å². The fraction of sp³-hybridized carbons (Fsp3) is 0. The van der Waals surface area contributed by atoms with Crippen LogP contribution in [-0.2, 0) is 0 Å². The van der Waals surface area contributed by atoms with Gasteiger partial charge in [-0.2, -0.15) is 0 Å². The molecule has 0 atom stereocenters. The Labute approximate surface area is 634 Å². The predicted octanol–water partition coefficient (Wildman–Crippen LogP) is 28.7. The molecule has 0 saturated heterocycles. The molecule has 1 aliphatic rings. The maximum Gasteiger partial charge on any atom is 0.0547 e. The summed E-state index contributed by atoms with van der Waals surface area (Å²) in [4.78, 5) is 0. The molecular formula is C106H66N4. The van der Waals surface area contributed by atoms with Crippen molar-refractivity contribution in [2.45, 2.75) is 0 Å². The molecule has 4 heterocycles. The predicted molar refractivity (Wildman–Crippen MR) is 466 cm³/mol. The van der Waals surface area contributed by atoms with E-state index in [1.54, 1.807) is 0 Å². The Morgan fingerprint density at radius 3 is 0.891 bits per heavy atom. The average Bonchev–Trinajstić information content (AvgIpc) is 1.67. The molecule has 0 saturated carbocycles. The third-order valence-electron chi connectivity index (χ3n) is 23.5. The molecule has 1 aliphatic carbocycles.